The molecule has 254 valence electrons. The molecule has 0 atom stereocenters. The smallest absolute Gasteiger partial charge is 0.143 e. The summed E-state index contributed by atoms with van der Waals surface area (Å²) in [5.74, 6) is 0. The molecular weight excluding hydrogens is 655 g/mol. The number of rotatable bonds is 7. The Balaban J connectivity index is 1.04. The molecule has 0 radical (unpaired) electrons. The topological polar surface area (TPSA) is 16.4 Å². The Labute approximate surface area is 314 Å². The maximum Gasteiger partial charge on any atom is 0.143 e. The highest BCUT2D eigenvalue weighted by molar-refractivity contribution is 6.20. The average molecular weight is 690 g/mol. The van der Waals surface area contributed by atoms with Gasteiger partial charge in [0.2, 0.25) is 0 Å². The highest BCUT2D eigenvalue weighted by atomic mass is 16.3. The third-order valence-corrected chi connectivity index (χ3v) is 10.5. The Morgan fingerprint density at radius 2 is 0.815 bits per heavy atom. The van der Waals surface area contributed by atoms with Gasteiger partial charge in [-0.3, -0.25) is 0 Å². The first-order chi connectivity index (χ1) is 26.8. The second kappa shape index (κ2) is 13.4. The third kappa shape index (κ3) is 5.71. The van der Waals surface area contributed by atoms with E-state index in [0.29, 0.717) is 0 Å². The number of benzene rings is 9. The summed E-state index contributed by atoms with van der Waals surface area (Å²) >= 11 is 0. The van der Waals surface area contributed by atoms with E-state index in [0.717, 1.165) is 44.7 Å². The van der Waals surface area contributed by atoms with Crippen molar-refractivity contribution in [2.45, 2.75) is 0 Å². The third-order valence-electron chi connectivity index (χ3n) is 10.5. The number of hydrogen-bond acceptors (Lipinski definition) is 2. The molecule has 2 nitrogen and oxygen atoms in total. The maximum atomic E-state index is 6.58. The van der Waals surface area contributed by atoms with Gasteiger partial charge in [0.1, 0.15) is 11.2 Å². The molecule has 1 heterocycles. The van der Waals surface area contributed by atoms with Gasteiger partial charge in [0.15, 0.2) is 0 Å². The number of nitrogens with zero attached hydrogens (tertiary/aromatic N) is 1. The maximum absolute atomic E-state index is 6.58. The molecule has 0 aliphatic carbocycles. The van der Waals surface area contributed by atoms with Gasteiger partial charge in [0, 0.05) is 33.4 Å². The predicted octanol–water partition coefficient (Wildman–Crippen LogP) is 14.9. The van der Waals surface area contributed by atoms with Crippen LogP contribution in [-0.4, -0.2) is 0 Å². The molecule has 0 aliphatic rings. The zero-order valence-corrected chi connectivity index (χ0v) is 29.6. The van der Waals surface area contributed by atoms with Crippen molar-refractivity contribution in [1.29, 1.82) is 0 Å². The van der Waals surface area contributed by atoms with Gasteiger partial charge < -0.3 is 9.32 Å². The normalized spacial score (nSPS) is 11.3. The van der Waals surface area contributed by atoms with Crippen molar-refractivity contribution in [3.63, 3.8) is 0 Å². The number of fused-ring (bicyclic) bond motifs is 5. The lowest BCUT2D eigenvalue weighted by Gasteiger charge is -2.26. The first kappa shape index (κ1) is 31.6. The number of para-hydroxylation sites is 1. The van der Waals surface area contributed by atoms with Crippen LogP contribution in [0.4, 0.5) is 17.1 Å². The van der Waals surface area contributed by atoms with Crippen molar-refractivity contribution >= 4 is 49.8 Å². The van der Waals surface area contributed by atoms with E-state index in [-0.39, 0.29) is 0 Å². The average Bonchev–Trinajstić information content (AvgIpc) is 3.65. The van der Waals surface area contributed by atoms with Crippen molar-refractivity contribution < 1.29 is 4.42 Å². The van der Waals surface area contributed by atoms with Gasteiger partial charge in [-0.2, -0.15) is 0 Å². The van der Waals surface area contributed by atoms with E-state index in [4.69, 9.17) is 4.42 Å². The lowest BCUT2D eigenvalue weighted by atomic mass is 9.99. The number of anilines is 3. The van der Waals surface area contributed by atoms with Crippen LogP contribution in [0.1, 0.15) is 0 Å². The number of furan rings is 1. The highest BCUT2D eigenvalue weighted by Gasteiger charge is 2.17. The lowest BCUT2D eigenvalue weighted by Crippen LogP contribution is -2.10. The molecule has 0 unspecified atom stereocenters. The molecule has 0 saturated heterocycles. The minimum absolute atomic E-state index is 0.910. The monoisotopic (exact) mass is 689 g/mol. The van der Waals surface area contributed by atoms with Crippen molar-refractivity contribution in [2.75, 3.05) is 4.90 Å². The van der Waals surface area contributed by atoms with Crippen LogP contribution in [0.2, 0.25) is 0 Å². The highest BCUT2D eigenvalue weighted by Crippen LogP contribution is 2.42. The first-order valence-corrected chi connectivity index (χ1v) is 18.4. The van der Waals surface area contributed by atoms with Crippen LogP contribution in [0.3, 0.4) is 0 Å². The zero-order valence-electron chi connectivity index (χ0n) is 29.6. The fourth-order valence-corrected chi connectivity index (χ4v) is 7.78. The van der Waals surface area contributed by atoms with Crippen LogP contribution in [0.25, 0.3) is 77.2 Å². The molecule has 0 aliphatic heterocycles. The van der Waals surface area contributed by atoms with Crippen LogP contribution in [0.5, 0.6) is 0 Å². The van der Waals surface area contributed by atoms with E-state index in [1.54, 1.807) is 0 Å². The molecule has 10 aromatic rings. The van der Waals surface area contributed by atoms with Gasteiger partial charge >= 0.3 is 0 Å². The molecule has 0 amide bonds. The van der Waals surface area contributed by atoms with Gasteiger partial charge in [-0.25, -0.2) is 0 Å². The second-order valence-corrected chi connectivity index (χ2v) is 13.7. The van der Waals surface area contributed by atoms with Crippen molar-refractivity contribution in [2.24, 2.45) is 0 Å². The van der Waals surface area contributed by atoms with Gasteiger partial charge in [-0.1, -0.05) is 170 Å². The largest absolute Gasteiger partial charge is 0.455 e. The van der Waals surface area contributed by atoms with E-state index < -0.39 is 0 Å². The molecule has 2 heteroatoms. The summed E-state index contributed by atoms with van der Waals surface area (Å²) in [6, 6.07) is 75.7. The van der Waals surface area contributed by atoms with Crippen molar-refractivity contribution in [1.82, 2.24) is 0 Å². The zero-order chi connectivity index (χ0) is 35.8. The summed E-state index contributed by atoms with van der Waals surface area (Å²) in [5.41, 5.74) is 14.4. The fraction of sp³-hybridized carbons (Fsp3) is 0. The number of hydrogen-bond donors (Lipinski definition) is 0. The predicted molar refractivity (Wildman–Crippen MR) is 228 cm³/mol. The van der Waals surface area contributed by atoms with Gasteiger partial charge in [0.25, 0.3) is 0 Å². The quantitative estimate of drug-likeness (QED) is 0.166. The molecule has 0 saturated carbocycles. The van der Waals surface area contributed by atoms with Crippen molar-refractivity contribution in [3.05, 3.63) is 212 Å². The molecule has 10 rings (SSSR count). The van der Waals surface area contributed by atoms with Crippen molar-refractivity contribution in [3.8, 4) is 44.5 Å². The Morgan fingerprint density at radius 3 is 1.48 bits per heavy atom. The summed E-state index contributed by atoms with van der Waals surface area (Å²) in [4.78, 5) is 2.34. The van der Waals surface area contributed by atoms with E-state index in [9.17, 15) is 0 Å². The van der Waals surface area contributed by atoms with E-state index in [2.05, 4.69) is 217 Å². The minimum Gasteiger partial charge on any atom is -0.455 e. The summed E-state index contributed by atoms with van der Waals surface area (Å²) < 4.78 is 6.58. The van der Waals surface area contributed by atoms with Gasteiger partial charge in [-0.05, 0) is 92.2 Å². The van der Waals surface area contributed by atoms with Crippen LogP contribution in [0.15, 0.2) is 217 Å². The Kier molecular flexibility index (Phi) is 7.85. The molecule has 9 aromatic carbocycles. The summed E-state index contributed by atoms with van der Waals surface area (Å²) in [7, 11) is 0. The lowest BCUT2D eigenvalue weighted by molar-refractivity contribution is 0.670. The summed E-state index contributed by atoms with van der Waals surface area (Å²) in [6.45, 7) is 0. The second-order valence-electron chi connectivity index (χ2n) is 13.7. The summed E-state index contributed by atoms with van der Waals surface area (Å²) in [5, 5.41) is 4.73. The van der Waals surface area contributed by atoms with Crippen LogP contribution >= 0.6 is 0 Å². The molecule has 0 N–H and O–H groups in total. The Hall–Kier alpha value is -7.16. The molecule has 0 fully saturated rings. The van der Waals surface area contributed by atoms with E-state index >= 15 is 0 Å². The standard InChI is InChI=1S/C52H35NO/c1-3-11-36(12-4-1)38-21-23-39(24-22-38)40-25-30-44(31-26-40)53(46-17-9-16-43(35-46)37-13-5-2-6-14-37)45-32-27-42(28-33-45)48-19-10-20-49-51-47-18-8-7-15-41(47)29-34-50(51)54-52(48)49/h1-35H. The Bertz CT molecular complexity index is 2890. The van der Waals surface area contributed by atoms with E-state index in [1.807, 2.05) is 0 Å². The van der Waals surface area contributed by atoms with E-state index in [1.165, 1.54) is 49.5 Å². The molecule has 0 bridgehead atoms. The first-order valence-electron chi connectivity index (χ1n) is 18.4. The molecule has 54 heavy (non-hydrogen) atoms. The SMILES string of the molecule is c1ccc(-c2ccc(-c3ccc(N(c4ccc(-c5cccc6c5oc5ccc7ccccc7c56)cc4)c4cccc(-c5ccccc5)c4)cc3)cc2)cc1. The Morgan fingerprint density at radius 1 is 0.315 bits per heavy atom. The van der Waals surface area contributed by atoms with Gasteiger partial charge in [0.05, 0.1) is 0 Å². The molecular formula is C52H35NO. The summed E-state index contributed by atoms with van der Waals surface area (Å²) in [6.07, 6.45) is 0. The van der Waals surface area contributed by atoms with Crippen LogP contribution in [-0.2, 0) is 0 Å². The van der Waals surface area contributed by atoms with Crippen LogP contribution in [0, 0.1) is 0 Å². The molecule has 1 aromatic heterocycles. The van der Waals surface area contributed by atoms with Crippen LogP contribution < -0.4 is 4.90 Å². The van der Waals surface area contributed by atoms with Gasteiger partial charge in [-0.15, -0.1) is 0 Å². The fourth-order valence-electron chi connectivity index (χ4n) is 7.78. The minimum atomic E-state index is 0.910. The molecule has 0 spiro atoms.